The van der Waals surface area contributed by atoms with Gasteiger partial charge in [-0.05, 0) is 51.4 Å². The summed E-state index contributed by atoms with van der Waals surface area (Å²) >= 11 is 0. The molecule has 0 spiro atoms. The smallest absolute Gasteiger partial charge is 0.268 e. The van der Waals surface area contributed by atoms with Crippen LogP contribution in [0, 0.1) is 0 Å². The third kappa shape index (κ3) is 64.1. The fourth-order valence-electron chi connectivity index (χ4n) is 10.7. The molecule has 8 nitrogen and oxygen atoms in total. The van der Waals surface area contributed by atoms with Crippen LogP contribution in [0.4, 0.5) is 0 Å². The maximum atomic E-state index is 13.0. The number of hydrogen-bond donors (Lipinski definition) is 2. The predicted octanol–water partition coefficient (Wildman–Crippen LogP) is 21.4. The van der Waals surface area contributed by atoms with E-state index in [1.54, 1.807) is 6.08 Å². The van der Waals surface area contributed by atoms with Crippen molar-refractivity contribution in [3.63, 3.8) is 0 Å². The van der Waals surface area contributed by atoms with Crippen LogP contribution in [-0.2, 0) is 18.4 Å². The maximum Gasteiger partial charge on any atom is 0.268 e. The van der Waals surface area contributed by atoms with E-state index in [9.17, 15) is 19.4 Å². The van der Waals surface area contributed by atoms with E-state index in [4.69, 9.17) is 9.05 Å². The molecule has 0 aliphatic carbocycles. The van der Waals surface area contributed by atoms with Gasteiger partial charge in [-0.3, -0.25) is 9.36 Å². The summed E-state index contributed by atoms with van der Waals surface area (Å²) in [4.78, 5) is 25.6. The molecule has 0 aliphatic rings. The second-order valence-corrected chi connectivity index (χ2v) is 26.7. The van der Waals surface area contributed by atoms with E-state index < -0.39 is 20.0 Å². The van der Waals surface area contributed by atoms with Gasteiger partial charge in [0.15, 0.2) is 0 Å². The lowest BCUT2D eigenvalue weighted by molar-refractivity contribution is -0.870. The molecule has 3 unspecified atom stereocenters. The lowest BCUT2D eigenvalue weighted by atomic mass is 10.0. The molecule has 0 aliphatic heterocycles. The van der Waals surface area contributed by atoms with E-state index >= 15 is 0 Å². The van der Waals surface area contributed by atoms with E-state index in [0.717, 1.165) is 44.9 Å². The number of phosphoric acid groups is 1. The summed E-state index contributed by atoms with van der Waals surface area (Å²) in [5.41, 5.74) is 0. The van der Waals surface area contributed by atoms with Gasteiger partial charge in [0.1, 0.15) is 13.2 Å². The Hall–Kier alpha value is -1.28. The monoisotopic (exact) mass is 1130 g/mol. The Morgan fingerprint density at radius 2 is 0.734 bits per heavy atom. The number of unbranched alkanes of at least 4 members (excludes halogenated alkanes) is 48. The second kappa shape index (κ2) is 61.3. The number of carbonyl (C=O) groups excluding carboxylic acids is 1. The fourth-order valence-corrected chi connectivity index (χ4v) is 11.4. The Morgan fingerprint density at radius 1 is 0.443 bits per heavy atom. The number of hydrogen-bond acceptors (Lipinski definition) is 6. The summed E-state index contributed by atoms with van der Waals surface area (Å²) in [6.07, 6.45) is 81.3. The van der Waals surface area contributed by atoms with Gasteiger partial charge in [0.05, 0.1) is 39.9 Å². The number of aliphatic hydroxyl groups excluding tert-OH is 1. The maximum absolute atomic E-state index is 13.0. The molecule has 468 valence electrons. The highest BCUT2D eigenvalue weighted by molar-refractivity contribution is 7.45. The molecule has 0 aromatic rings. The summed E-state index contributed by atoms with van der Waals surface area (Å²) in [6.45, 7) is 4.70. The minimum atomic E-state index is -4.60. The number of rotatable bonds is 65. The zero-order valence-electron chi connectivity index (χ0n) is 53.6. The third-order valence-corrected chi connectivity index (χ3v) is 17.1. The molecule has 0 radical (unpaired) electrons. The molecule has 79 heavy (non-hydrogen) atoms. The number of likely N-dealkylation sites (N-methyl/N-ethyl adjacent to an activating group) is 1. The van der Waals surface area contributed by atoms with Gasteiger partial charge in [-0.25, -0.2) is 0 Å². The van der Waals surface area contributed by atoms with Crippen LogP contribution in [0.25, 0.3) is 0 Å². The number of quaternary nitrogens is 1. The Labute approximate surface area is 493 Å². The van der Waals surface area contributed by atoms with E-state index in [1.807, 2.05) is 27.2 Å². The summed E-state index contributed by atoms with van der Waals surface area (Å²) in [6, 6.07) is -0.886. The number of nitrogens with one attached hydrogen (secondary N) is 1. The standard InChI is InChI=1S/C70H137N2O6P/c1-6-8-10-12-14-16-18-20-22-24-26-28-29-30-31-32-33-34-35-36-37-38-39-40-41-42-43-44-46-48-50-52-54-56-58-60-62-64-70(74)71-68(67-78-79(75,76)77-66-65-72(3,4)5)69(73)63-61-59-57-55-53-51-49-47-45-27-25-23-21-19-17-15-13-11-9-7-2/h31-32,34-35,61,63,68-69,73H,6-30,33,36-60,62,64-67H2,1-5H3,(H-,71,74,75,76)/b32-31-,35-34-,63-61+. The van der Waals surface area contributed by atoms with Crippen molar-refractivity contribution in [1.29, 1.82) is 0 Å². The molecular weight excluding hydrogens is 996 g/mol. The molecule has 0 bridgehead atoms. The quantitative estimate of drug-likeness (QED) is 0.0272. The molecule has 9 heteroatoms. The first kappa shape index (κ1) is 77.7. The average Bonchev–Trinajstić information content (AvgIpc) is 3.42. The van der Waals surface area contributed by atoms with Crippen LogP contribution in [0.15, 0.2) is 36.5 Å². The predicted molar refractivity (Wildman–Crippen MR) is 344 cm³/mol. The van der Waals surface area contributed by atoms with E-state index in [1.165, 1.54) is 289 Å². The molecule has 1 amide bonds. The molecule has 0 aromatic heterocycles. The fraction of sp³-hybridized carbons (Fsp3) is 0.900. The second-order valence-electron chi connectivity index (χ2n) is 25.2. The Bertz CT molecular complexity index is 1380. The van der Waals surface area contributed by atoms with Crippen molar-refractivity contribution in [1.82, 2.24) is 5.32 Å². The molecule has 3 atom stereocenters. The van der Waals surface area contributed by atoms with Crippen LogP contribution >= 0.6 is 7.82 Å². The molecule has 0 heterocycles. The lowest BCUT2D eigenvalue weighted by Crippen LogP contribution is -2.45. The molecule has 0 saturated heterocycles. The molecule has 2 N–H and O–H groups in total. The van der Waals surface area contributed by atoms with Crippen LogP contribution in [0.5, 0.6) is 0 Å². The average molecular weight is 1130 g/mol. The summed E-state index contributed by atoms with van der Waals surface area (Å²) in [5.74, 6) is -0.191. The van der Waals surface area contributed by atoms with Gasteiger partial charge < -0.3 is 28.8 Å². The Balaban J connectivity index is 3.98. The highest BCUT2D eigenvalue weighted by Crippen LogP contribution is 2.38. The van der Waals surface area contributed by atoms with Crippen LogP contribution in [0.3, 0.4) is 0 Å². The zero-order chi connectivity index (χ0) is 57.7. The number of carbonyl (C=O) groups is 1. The van der Waals surface area contributed by atoms with Crippen LogP contribution < -0.4 is 10.2 Å². The number of amides is 1. The first-order valence-corrected chi connectivity index (χ1v) is 36.3. The molecular formula is C70H137N2O6P. The number of phosphoric ester groups is 1. The van der Waals surface area contributed by atoms with Crippen molar-refractivity contribution in [2.45, 2.75) is 366 Å². The summed E-state index contributed by atoms with van der Waals surface area (Å²) in [5, 5.41) is 13.9. The van der Waals surface area contributed by atoms with Crippen molar-refractivity contribution in [2.75, 3.05) is 40.9 Å². The van der Waals surface area contributed by atoms with Gasteiger partial charge in [0.25, 0.3) is 7.82 Å². The molecule has 0 saturated carbocycles. The number of aliphatic hydroxyl groups is 1. The topological polar surface area (TPSA) is 108 Å². The first-order chi connectivity index (χ1) is 38.5. The number of allylic oxidation sites excluding steroid dienone is 5. The minimum absolute atomic E-state index is 0.000668. The van der Waals surface area contributed by atoms with Crippen molar-refractivity contribution < 1.29 is 32.9 Å². The number of nitrogens with zero attached hydrogens (tertiary/aromatic N) is 1. The summed E-state index contributed by atoms with van der Waals surface area (Å²) in [7, 11) is 1.28. The van der Waals surface area contributed by atoms with Crippen molar-refractivity contribution >= 4 is 13.7 Å². The van der Waals surface area contributed by atoms with Crippen molar-refractivity contribution in [2.24, 2.45) is 0 Å². The van der Waals surface area contributed by atoms with Crippen LogP contribution in [-0.4, -0.2) is 68.5 Å². The van der Waals surface area contributed by atoms with Gasteiger partial charge in [0, 0.05) is 6.42 Å². The van der Waals surface area contributed by atoms with Gasteiger partial charge in [-0.15, -0.1) is 0 Å². The highest BCUT2D eigenvalue weighted by atomic mass is 31.2. The Morgan fingerprint density at radius 3 is 1.05 bits per heavy atom. The Kier molecular flexibility index (Phi) is 60.3. The van der Waals surface area contributed by atoms with Gasteiger partial charge in [-0.2, -0.15) is 0 Å². The largest absolute Gasteiger partial charge is 0.756 e. The highest BCUT2D eigenvalue weighted by Gasteiger charge is 2.23. The van der Waals surface area contributed by atoms with Crippen LogP contribution in [0.2, 0.25) is 0 Å². The van der Waals surface area contributed by atoms with Crippen molar-refractivity contribution in [3.8, 4) is 0 Å². The third-order valence-electron chi connectivity index (χ3n) is 16.1. The molecule has 0 rings (SSSR count). The molecule has 0 aromatic carbocycles. The van der Waals surface area contributed by atoms with Gasteiger partial charge in [0.2, 0.25) is 5.91 Å². The molecule has 0 fully saturated rings. The minimum Gasteiger partial charge on any atom is -0.756 e. The van der Waals surface area contributed by atoms with Gasteiger partial charge >= 0.3 is 0 Å². The van der Waals surface area contributed by atoms with Crippen molar-refractivity contribution in [3.05, 3.63) is 36.5 Å². The SMILES string of the molecule is CCCCCCCCCCCCCCC/C=C\C/C=C\CCCCCCCCCCCCCCCCCCCC(=O)NC(COP(=O)([O-])OCC[N+](C)(C)C)C(O)/C=C/CCCCCCCCCCCCCCCCCCCC. The van der Waals surface area contributed by atoms with E-state index in [2.05, 4.69) is 43.5 Å². The van der Waals surface area contributed by atoms with E-state index in [-0.39, 0.29) is 19.1 Å². The van der Waals surface area contributed by atoms with E-state index in [0.29, 0.717) is 17.4 Å². The lowest BCUT2D eigenvalue weighted by Gasteiger charge is -2.29. The van der Waals surface area contributed by atoms with Gasteiger partial charge in [-0.1, -0.05) is 333 Å². The zero-order valence-corrected chi connectivity index (χ0v) is 54.5. The summed E-state index contributed by atoms with van der Waals surface area (Å²) < 4.78 is 23.4. The normalized spacial score (nSPS) is 13.9. The first-order valence-electron chi connectivity index (χ1n) is 34.9. The van der Waals surface area contributed by atoms with Crippen LogP contribution in [0.1, 0.15) is 354 Å².